The normalized spacial score (nSPS) is 12.2. The van der Waals surface area contributed by atoms with E-state index in [1.165, 1.54) is 12.1 Å². The molecule has 20 heavy (non-hydrogen) atoms. The van der Waals surface area contributed by atoms with Gasteiger partial charge in [-0.3, -0.25) is 0 Å². The predicted octanol–water partition coefficient (Wildman–Crippen LogP) is 4.13. The monoisotopic (exact) mass is 293 g/mol. The molecule has 4 heteroatoms. The Morgan fingerprint density at radius 3 is 2.50 bits per heavy atom. The predicted molar refractivity (Wildman–Crippen MR) is 79.9 cm³/mol. The summed E-state index contributed by atoms with van der Waals surface area (Å²) in [5, 5.41) is 3.86. The van der Waals surface area contributed by atoms with Crippen LogP contribution in [0.5, 0.6) is 5.75 Å². The van der Waals surface area contributed by atoms with Crippen LogP contribution in [0.25, 0.3) is 0 Å². The zero-order chi connectivity index (χ0) is 14.5. The molecule has 0 saturated carbocycles. The van der Waals surface area contributed by atoms with Gasteiger partial charge in [0.05, 0.1) is 6.04 Å². The van der Waals surface area contributed by atoms with Crippen molar-refractivity contribution in [3.05, 3.63) is 64.4 Å². The number of rotatable bonds is 5. The van der Waals surface area contributed by atoms with Gasteiger partial charge in [-0.05, 0) is 61.5 Å². The number of ether oxygens (including phenoxy) is 1. The van der Waals surface area contributed by atoms with E-state index in [1.54, 1.807) is 18.2 Å². The van der Waals surface area contributed by atoms with Crippen molar-refractivity contribution in [1.82, 2.24) is 5.32 Å². The minimum Gasteiger partial charge on any atom is -0.492 e. The van der Waals surface area contributed by atoms with Crippen LogP contribution in [-0.2, 0) is 0 Å². The summed E-state index contributed by atoms with van der Waals surface area (Å²) in [4.78, 5) is 0. The SMILES string of the molecule is CNC(COc1ccc(Cl)cc1)c1ccc(F)cc1C. The second-order valence-electron chi connectivity index (χ2n) is 4.61. The van der Waals surface area contributed by atoms with Crippen LogP contribution >= 0.6 is 11.6 Å². The van der Waals surface area contributed by atoms with Crippen molar-refractivity contribution < 1.29 is 9.13 Å². The molecule has 0 aliphatic rings. The highest BCUT2D eigenvalue weighted by Crippen LogP contribution is 2.21. The van der Waals surface area contributed by atoms with Gasteiger partial charge < -0.3 is 10.1 Å². The first-order valence-corrected chi connectivity index (χ1v) is 6.79. The molecule has 0 saturated heterocycles. The largest absolute Gasteiger partial charge is 0.492 e. The topological polar surface area (TPSA) is 21.3 Å². The van der Waals surface area contributed by atoms with Crippen LogP contribution in [0.4, 0.5) is 4.39 Å². The average molecular weight is 294 g/mol. The van der Waals surface area contributed by atoms with E-state index in [2.05, 4.69) is 5.32 Å². The summed E-state index contributed by atoms with van der Waals surface area (Å²) in [6.07, 6.45) is 0. The van der Waals surface area contributed by atoms with Crippen molar-refractivity contribution in [2.75, 3.05) is 13.7 Å². The van der Waals surface area contributed by atoms with E-state index in [0.717, 1.165) is 16.9 Å². The van der Waals surface area contributed by atoms with E-state index in [4.69, 9.17) is 16.3 Å². The Kier molecular flexibility index (Phi) is 4.99. The average Bonchev–Trinajstić information content (AvgIpc) is 2.43. The number of halogens is 2. The third-order valence-electron chi connectivity index (χ3n) is 3.19. The van der Waals surface area contributed by atoms with Crippen molar-refractivity contribution in [2.24, 2.45) is 0 Å². The van der Waals surface area contributed by atoms with Gasteiger partial charge in [-0.1, -0.05) is 17.7 Å². The molecule has 0 bridgehead atoms. The summed E-state index contributed by atoms with van der Waals surface area (Å²) in [5.74, 6) is 0.536. The molecule has 2 rings (SSSR count). The second kappa shape index (κ2) is 6.73. The van der Waals surface area contributed by atoms with E-state index >= 15 is 0 Å². The Hall–Kier alpha value is -1.58. The fourth-order valence-corrected chi connectivity index (χ4v) is 2.20. The number of nitrogens with one attached hydrogen (secondary N) is 1. The molecule has 1 unspecified atom stereocenters. The van der Waals surface area contributed by atoms with Gasteiger partial charge in [0.25, 0.3) is 0 Å². The molecule has 0 aliphatic heterocycles. The van der Waals surface area contributed by atoms with Crippen LogP contribution in [0.1, 0.15) is 17.2 Å². The first kappa shape index (κ1) is 14.8. The second-order valence-corrected chi connectivity index (χ2v) is 5.04. The number of hydrogen-bond donors (Lipinski definition) is 1. The van der Waals surface area contributed by atoms with E-state index in [-0.39, 0.29) is 11.9 Å². The van der Waals surface area contributed by atoms with Crippen molar-refractivity contribution >= 4 is 11.6 Å². The Morgan fingerprint density at radius 2 is 1.90 bits per heavy atom. The Morgan fingerprint density at radius 1 is 1.20 bits per heavy atom. The fraction of sp³-hybridized carbons (Fsp3) is 0.250. The molecule has 0 amide bonds. The summed E-state index contributed by atoms with van der Waals surface area (Å²) in [5.41, 5.74) is 1.94. The lowest BCUT2D eigenvalue weighted by Gasteiger charge is -2.19. The van der Waals surface area contributed by atoms with Crippen LogP contribution < -0.4 is 10.1 Å². The van der Waals surface area contributed by atoms with Gasteiger partial charge in [0.15, 0.2) is 0 Å². The highest BCUT2D eigenvalue weighted by atomic mass is 35.5. The highest BCUT2D eigenvalue weighted by Gasteiger charge is 2.13. The lowest BCUT2D eigenvalue weighted by Crippen LogP contribution is -2.24. The van der Waals surface area contributed by atoms with Crippen LogP contribution in [0, 0.1) is 12.7 Å². The van der Waals surface area contributed by atoms with Gasteiger partial charge in [-0.25, -0.2) is 4.39 Å². The summed E-state index contributed by atoms with van der Waals surface area (Å²) < 4.78 is 18.9. The lowest BCUT2D eigenvalue weighted by molar-refractivity contribution is 0.272. The van der Waals surface area contributed by atoms with Crippen LogP contribution in [0.2, 0.25) is 5.02 Å². The van der Waals surface area contributed by atoms with Gasteiger partial charge in [0, 0.05) is 5.02 Å². The Balaban J connectivity index is 2.07. The molecule has 0 fully saturated rings. The molecule has 0 radical (unpaired) electrons. The molecule has 2 aromatic rings. The minimum atomic E-state index is -0.222. The molecule has 0 aromatic heterocycles. The standard InChI is InChI=1S/C16H17ClFNO/c1-11-9-13(18)5-8-15(11)16(19-2)10-20-14-6-3-12(17)4-7-14/h3-9,16,19H,10H2,1-2H3. The van der Waals surface area contributed by atoms with E-state index < -0.39 is 0 Å². The third-order valence-corrected chi connectivity index (χ3v) is 3.44. The zero-order valence-electron chi connectivity index (χ0n) is 11.5. The summed E-state index contributed by atoms with van der Waals surface area (Å²) in [7, 11) is 1.86. The quantitative estimate of drug-likeness (QED) is 0.895. The fourth-order valence-electron chi connectivity index (χ4n) is 2.07. The Bertz CT molecular complexity index is 571. The molecule has 106 valence electrons. The van der Waals surface area contributed by atoms with E-state index in [0.29, 0.717) is 11.6 Å². The molecule has 1 N–H and O–H groups in total. The molecule has 0 heterocycles. The van der Waals surface area contributed by atoms with Crippen molar-refractivity contribution in [3.63, 3.8) is 0 Å². The summed E-state index contributed by atoms with van der Waals surface area (Å²) in [6, 6.07) is 12.0. The first-order valence-electron chi connectivity index (χ1n) is 6.42. The molecular weight excluding hydrogens is 277 g/mol. The van der Waals surface area contributed by atoms with E-state index in [1.807, 2.05) is 26.1 Å². The van der Waals surface area contributed by atoms with Gasteiger partial charge in [0.2, 0.25) is 0 Å². The van der Waals surface area contributed by atoms with Gasteiger partial charge in [0.1, 0.15) is 18.2 Å². The third kappa shape index (κ3) is 3.71. The maximum atomic E-state index is 13.1. The van der Waals surface area contributed by atoms with Crippen LogP contribution in [0.15, 0.2) is 42.5 Å². The highest BCUT2D eigenvalue weighted by molar-refractivity contribution is 6.30. The minimum absolute atomic E-state index is 0.00581. The number of benzene rings is 2. The summed E-state index contributed by atoms with van der Waals surface area (Å²) in [6.45, 7) is 2.36. The van der Waals surface area contributed by atoms with Crippen LogP contribution in [-0.4, -0.2) is 13.7 Å². The molecule has 0 spiro atoms. The molecular formula is C16H17ClFNO. The van der Waals surface area contributed by atoms with Gasteiger partial charge >= 0.3 is 0 Å². The van der Waals surface area contributed by atoms with Gasteiger partial charge in [-0.15, -0.1) is 0 Å². The molecule has 2 aromatic carbocycles. The van der Waals surface area contributed by atoms with Gasteiger partial charge in [-0.2, -0.15) is 0 Å². The van der Waals surface area contributed by atoms with Crippen LogP contribution in [0.3, 0.4) is 0 Å². The molecule has 0 aliphatic carbocycles. The Labute approximate surface area is 123 Å². The zero-order valence-corrected chi connectivity index (χ0v) is 12.2. The maximum Gasteiger partial charge on any atom is 0.123 e. The smallest absolute Gasteiger partial charge is 0.123 e. The maximum absolute atomic E-state index is 13.1. The van der Waals surface area contributed by atoms with Crippen molar-refractivity contribution in [1.29, 1.82) is 0 Å². The van der Waals surface area contributed by atoms with Crippen molar-refractivity contribution in [3.8, 4) is 5.75 Å². The number of hydrogen-bond acceptors (Lipinski definition) is 2. The van der Waals surface area contributed by atoms with E-state index in [9.17, 15) is 4.39 Å². The molecule has 2 nitrogen and oxygen atoms in total. The number of aryl methyl sites for hydroxylation is 1. The number of likely N-dealkylation sites (N-methyl/N-ethyl adjacent to an activating group) is 1. The summed E-state index contributed by atoms with van der Waals surface area (Å²) >= 11 is 5.83. The first-order chi connectivity index (χ1) is 9.60. The molecule has 1 atom stereocenters. The van der Waals surface area contributed by atoms with Crippen molar-refractivity contribution in [2.45, 2.75) is 13.0 Å². The lowest BCUT2D eigenvalue weighted by atomic mass is 10.0.